The number of sulfone groups is 1. The molecule has 2 amide bonds. The molecule has 1 saturated heterocycles. The number of hydrogen-bond donors (Lipinski definition) is 2. The zero-order valence-electron chi connectivity index (χ0n) is 13.8. The first-order valence-electron chi connectivity index (χ1n) is 8.07. The van der Waals surface area contributed by atoms with Crippen molar-refractivity contribution in [2.24, 2.45) is 5.92 Å². The highest BCUT2D eigenvalue weighted by Crippen LogP contribution is 2.25. The van der Waals surface area contributed by atoms with Crippen molar-refractivity contribution in [1.29, 1.82) is 0 Å². The largest absolute Gasteiger partial charge is 0.457 e. The number of carbonyl (C=O) groups is 2. The van der Waals surface area contributed by atoms with Crippen LogP contribution in [0.15, 0.2) is 54.6 Å². The summed E-state index contributed by atoms with van der Waals surface area (Å²) in [4.78, 5) is 24.4. The van der Waals surface area contributed by atoms with Crippen molar-refractivity contribution in [2.45, 2.75) is 6.42 Å². The van der Waals surface area contributed by atoms with Crippen LogP contribution in [0.1, 0.15) is 16.8 Å². The summed E-state index contributed by atoms with van der Waals surface area (Å²) in [6, 6.07) is 15.6. The molecular weight excluding hydrogens is 356 g/mol. The van der Waals surface area contributed by atoms with Crippen molar-refractivity contribution in [1.82, 2.24) is 10.9 Å². The van der Waals surface area contributed by atoms with Crippen molar-refractivity contribution in [3.63, 3.8) is 0 Å². The maximum absolute atomic E-state index is 12.4. The Morgan fingerprint density at radius 1 is 0.962 bits per heavy atom. The lowest BCUT2D eigenvalue weighted by molar-refractivity contribution is -0.125. The number of hydrogen-bond acceptors (Lipinski definition) is 5. The van der Waals surface area contributed by atoms with E-state index in [1.807, 2.05) is 18.2 Å². The highest BCUT2D eigenvalue weighted by Gasteiger charge is 2.33. The fourth-order valence-corrected chi connectivity index (χ4v) is 4.39. The van der Waals surface area contributed by atoms with Gasteiger partial charge in [0.15, 0.2) is 9.84 Å². The molecule has 0 saturated carbocycles. The van der Waals surface area contributed by atoms with Crippen LogP contribution < -0.4 is 15.6 Å². The van der Waals surface area contributed by atoms with E-state index in [0.717, 1.165) is 0 Å². The number of para-hydroxylation sites is 2. The molecule has 1 fully saturated rings. The molecule has 2 aromatic rings. The predicted octanol–water partition coefficient (Wildman–Crippen LogP) is 1.67. The lowest BCUT2D eigenvalue weighted by atomic mass is 10.1. The Morgan fingerprint density at radius 3 is 2.35 bits per heavy atom. The van der Waals surface area contributed by atoms with E-state index in [1.54, 1.807) is 36.4 Å². The van der Waals surface area contributed by atoms with Crippen LogP contribution in [0.4, 0.5) is 0 Å². The van der Waals surface area contributed by atoms with Crippen LogP contribution in [0.5, 0.6) is 11.5 Å². The van der Waals surface area contributed by atoms with Crippen molar-refractivity contribution in [3.05, 3.63) is 60.2 Å². The summed E-state index contributed by atoms with van der Waals surface area (Å²) in [5, 5.41) is 0. The van der Waals surface area contributed by atoms with Crippen LogP contribution >= 0.6 is 0 Å². The molecule has 0 spiro atoms. The molecule has 26 heavy (non-hydrogen) atoms. The summed E-state index contributed by atoms with van der Waals surface area (Å²) in [5.74, 6) is -0.987. The minimum Gasteiger partial charge on any atom is -0.457 e. The van der Waals surface area contributed by atoms with Crippen LogP contribution in [0.25, 0.3) is 0 Å². The van der Waals surface area contributed by atoms with Crippen LogP contribution in [0, 0.1) is 5.92 Å². The summed E-state index contributed by atoms with van der Waals surface area (Å²) >= 11 is 0. The third-order valence-electron chi connectivity index (χ3n) is 4.01. The highest BCUT2D eigenvalue weighted by molar-refractivity contribution is 7.91. The highest BCUT2D eigenvalue weighted by atomic mass is 32.2. The molecule has 3 rings (SSSR count). The molecule has 0 radical (unpaired) electrons. The van der Waals surface area contributed by atoms with Gasteiger partial charge in [0.2, 0.25) is 5.91 Å². The van der Waals surface area contributed by atoms with Gasteiger partial charge in [-0.15, -0.1) is 0 Å². The third kappa shape index (κ3) is 4.40. The quantitative estimate of drug-likeness (QED) is 0.793. The average molecular weight is 374 g/mol. The Hall–Kier alpha value is -2.87. The lowest BCUT2D eigenvalue weighted by Crippen LogP contribution is -2.44. The van der Waals surface area contributed by atoms with Gasteiger partial charge in [-0.1, -0.05) is 30.3 Å². The van der Waals surface area contributed by atoms with E-state index in [9.17, 15) is 18.0 Å². The van der Waals surface area contributed by atoms with Crippen LogP contribution in [0.3, 0.4) is 0 Å². The van der Waals surface area contributed by atoms with Crippen LogP contribution in [0.2, 0.25) is 0 Å². The first kappa shape index (κ1) is 17.9. The normalized spacial score (nSPS) is 18.1. The van der Waals surface area contributed by atoms with Crippen LogP contribution in [-0.2, 0) is 14.6 Å². The second-order valence-corrected chi connectivity index (χ2v) is 8.18. The number of ether oxygens (including phenoxy) is 1. The van der Waals surface area contributed by atoms with Gasteiger partial charge in [0.1, 0.15) is 11.5 Å². The number of rotatable bonds is 4. The molecule has 7 nitrogen and oxygen atoms in total. The van der Waals surface area contributed by atoms with E-state index in [0.29, 0.717) is 11.5 Å². The Labute approximate surface area is 151 Å². The number of amides is 2. The molecule has 1 aliphatic heterocycles. The first-order chi connectivity index (χ1) is 12.4. The van der Waals surface area contributed by atoms with Gasteiger partial charge in [-0.25, -0.2) is 8.42 Å². The predicted molar refractivity (Wildman–Crippen MR) is 95.3 cm³/mol. The van der Waals surface area contributed by atoms with Gasteiger partial charge in [-0.3, -0.25) is 20.4 Å². The van der Waals surface area contributed by atoms with E-state index in [-0.39, 0.29) is 23.5 Å². The summed E-state index contributed by atoms with van der Waals surface area (Å²) in [7, 11) is -3.17. The molecule has 8 heteroatoms. The number of carbonyl (C=O) groups excluding carboxylic acids is 2. The van der Waals surface area contributed by atoms with E-state index in [1.165, 1.54) is 0 Å². The number of nitrogens with one attached hydrogen (secondary N) is 2. The Balaban J connectivity index is 1.64. The summed E-state index contributed by atoms with van der Waals surface area (Å²) in [6.45, 7) is 0. The van der Waals surface area contributed by atoms with E-state index in [4.69, 9.17) is 4.74 Å². The van der Waals surface area contributed by atoms with Gasteiger partial charge in [-0.05, 0) is 30.7 Å². The molecular formula is C18H18N2O5S. The van der Waals surface area contributed by atoms with Crippen molar-refractivity contribution >= 4 is 21.7 Å². The lowest BCUT2D eigenvalue weighted by Gasteiger charge is -2.13. The Morgan fingerprint density at radius 2 is 1.65 bits per heavy atom. The fraction of sp³-hybridized carbons (Fsp3) is 0.222. The molecule has 1 aliphatic rings. The molecule has 1 atom stereocenters. The van der Waals surface area contributed by atoms with Gasteiger partial charge in [0.25, 0.3) is 5.91 Å². The topological polar surface area (TPSA) is 102 Å². The zero-order valence-corrected chi connectivity index (χ0v) is 14.7. The van der Waals surface area contributed by atoms with Crippen molar-refractivity contribution in [3.8, 4) is 11.5 Å². The molecule has 2 N–H and O–H groups in total. The Kier molecular flexibility index (Phi) is 5.22. The van der Waals surface area contributed by atoms with Gasteiger partial charge in [0.05, 0.1) is 23.0 Å². The van der Waals surface area contributed by atoms with E-state index < -0.39 is 27.6 Å². The fourth-order valence-electron chi connectivity index (χ4n) is 2.65. The average Bonchev–Trinajstić information content (AvgIpc) is 3.01. The molecule has 0 aliphatic carbocycles. The molecule has 1 heterocycles. The van der Waals surface area contributed by atoms with Gasteiger partial charge in [-0.2, -0.15) is 0 Å². The third-order valence-corrected chi connectivity index (χ3v) is 5.77. The van der Waals surface area contributed by atoms with Crippen LogP contribution in [-0.4, -0.2) is 31.7 Å². The van der Waals surface area contributed by atoms with Gasteiger partial charge >= 0.3 is 0 Å². The zero-order chi connectivity index (χ0) is 18.6. The van der Waals surface area contributed by atoms with E-state index in [2.05, 4.69) is 10.9 Å². The molecule has 0 bridgehead atoms. The summed E-state index contributed by atoms with van der Waals surface area (Å²) in [6.07, 6.45) is 0.262. The Bertz CT molecular complexity index is 912. The first-order valence-corrected chi connectivity index (χ1v) is 9.89. The van der Waals surface area contributed by atoms with Gasteiger partial charge in [0, 0.05) is 0 Å². The molecule has 0 aromatic heterocycles. The van der Waals surface area contributed by atoms with Crippen molar-refractivity contribution in [2.75, 3.05) is 11.5 Å². The minimum absolute atomic E-state index is 0.00716. The molecule has 0 unspecified atom stereocenters. The number of benzene rings is 2. The minimum atomic E-state index is -3.17. The maximum Gasteiger partial charge on any atom is 0.273 e. The standard InChI is InChI=1S/C18H18N2O5S/c21-17(13-10-11-26(23,24)12-13)19-20-18(22)15-8-4-5-9-16(15)25-14-6-2-1-3-7-14/h1-9,13H,10-12H2,(H,19,21)(H,20,22)/t13-/m0/s1. The molecule has 136 valence electrons. The maximum atomic E-state index is 12.4. The van der Waals surface area contributed by atoms with Gasteiger partial charge < -0.3 is 4.74 Å². The monoisotopic (exact) mass is 374 g/mol. The van der Waals surface area contributed by atoms with Crippen molar-refractivity contribution < 1.29 is 22.7 Å². The van der Waals surface area contributed by atoms with E-state index >= 15 is 0 Å². The number of hydrazine groups is 1. The second-order valence-electron chi connectivity index (χ2n) is 5.95. The second kappa shape index (κ2) is 7.57. The summed E-state index contributed by atoms with van der Waals surface area (Å²) in [5.41, 5.74) is 4.86. The molecule has 2 aromatic carbocycles. The SMILES string of the molecule is O=C(NNC(=O)[C@H]1CCS(=O)(=O)C1)c1ccccc1Oc1ccccc1. The summed E-state index contributed by atoms with van der Waals surface area (Å²) < 4.78 is 28.6. The smallest absolute Gasteiger partial charge is 0.273 e.